The van der Waals surface area contributed by atoms with Gasteiger partial charge < -0.3 is 0 Å². The number of halogens is 1. The van der Waals surface area contributed by atoms with E-state index < -0.39 is 0 Å². The first-order chi connectivity index (χ1) is 5.74. The summed E-state index contributed by atoms with van der Waals surface area (Å²) in [5.74, 6) is 1.70. The van der Waals surface area contributed by atoms with Gasteiger partial charge in [-0.1, -0.05) is 33.1 Å². The highest BCUT2D eigenvalue weighted by Gasteiger charge is 2.23. The fourth-order valence-corrected chi connectivity index (χ4v) is 2.45. The summed E-state index contributed by atoms with van der Waals surface area (Å²) in [7, 11) is 0. The van der Waals surface area contributed by atoms with Crippen LogP contribution in [-0.2, 0) is 0 Å². The van der Waals surface area contributed by atoms with E-state index in [0.29, 0.717) is 5.38 Å². The Morgan fingerprint density at radius 1 is 1.33 bits per heavy atom. The van der Waals surface area contributed by atoms with Crippen LogP contribution < -0.4 is 0 Å². The van der Waals surface area contributed by atoms with Crippen molar-refractivity contribution >= 4 is 11.6 Å². The average molecular weight is 188 g/mol. The lowest BCUT2D eigenvalue weighted by Gasteiger charge is -2.29. The zero-order valence-corrected chi connectivity index (χ0v) is 8.98. The molecular weight excluding hydrogens is 168 g/mol. The second-order valence-corrected chi connectivity index (χ2v) is 4.61. The van der Waals surface area contributed by atoms with E-state index in [1.54, 1.807) is 0 Å². The monoisotopic (exact) mass is 187 g/mol. The molecule has 0 saturated heterocycles. The van der Waals surface area contributed by atoms with Crippen LogP contribution in [0.25, 0.3) is 0 Å². The Bertz CT molecular complexity index is 114. The normalized spacial score (nSPS) is 33.2. The molecule has 1 saturated carbocycles. The van der Waals surface area contributed by atoms with Gasteiger partial charge in [-0.15, -0.1) is 11.6 Å². The number of hydrogen-bond acceptors (Lipinski definition) is 0. The molecule has 0 aromatic rings. The molecule has 0 N–H and O–H groups in total. The third-order valence-electron chi connectivity index (χ3n) is 2.97. The fraction of sp³-hybridized carbons (Fsp3) is 0.909. The van der Waals surface area contributed by atoms with Crippen molar-refractivity contribution in [3.05, 3.63) is 6.42 Å². The first-order valence-electron chi connectivity index (χ1n) is 5.21. The van der Waals surface area contributed by atoms with Gasteiger partial charge in [-0.2, -0.15) is 0 Å². The lowest BCUT2D eigenvalue weighted by atomic mass is 9.80. The maximum atomic E-state index is 6.25. The van der Waals surface area contributed by atoms with E-state index in [-0.39, 0.29) is 0 Å². The molecule has 0 spiro atoms. The zero-order chi connectivity index (χ0) is 8.97. The lowest BCUT2D eigenvalue weighted by Crippen LogP contribution is -2.21. The highest BCUT2D eigenvalue weighted by molar-refractivity contribution is 6.21. The molecule has 0 aromatic carbocycles. The van der Waals surface area contributed by atoms with E-state index in [0.717, 1.165) is 18.3 Å². The van der Waals surface area contributed by atoms with Crippen LogP contribution in [0.3, 0.4) is 0 Å². The largest absolute Gasteiger partial charge is 0.122 e. The summed E-state index contributed by atoms with van der Waals surface area (Å²) < 4.78 is 0. The Hall–Kier alpha value is 0.290. The van der Waals surface area contributed by atoms with E-state index >= 15 is 0 Å². The molecule has 0 amide bonds. The molecule has 1 atom stereocenters. The van der Waals surface area contributed by atoms with Crippen molar-refractivity contribution in [3.63, 3.8) is 0 Å². The van der Waals surface area contributed by atoms with Crippen molar-refractivity contribution in [2.24, 2.45) is 11.8 Å². The Kier molecular flexibility index (Phi) is 4.42. The van der Waals surface area contributed by atoms with E-state index in [2.05, 4.69) is 20.3 Å². The number of alkyl halides is 1. The van der Waals surface area contributed by atoms with Crippen LogP contribution in [0.5, 0.6) is 0 Å². The molecule has 1 unspecified atom stereocenters. The Balaban J connectivity index is 2.24. The summed E-state index contributed by atoms with van der Waals surface area (Å²) in [6.45, 7) is 4.52. The van der Waals surface area contributed by atoms with Crippen LogP contribution in [-0.4, -0.2) is 5.38 Å². The average Bonchev–Trinajstić information content (AvgIpc) is 2.06. The van der Waals surface area contributed by atoms with Gasteiger partial charge in [-0.05, 0) is 31.1 Å². The summed E-state index contributed by atoms with van der Waals surface area (Å²) in [6.07, 6.45) is 8.80. The Labute approximate surface area is 81.7 Å². The van der Waals surface area contributed by atoms with Crippen LogP contribution in [0.4, 0.5) is 0 Å². The van der Waals surface area contributed by atoms with Crippen LogP contribution in [0, 0.1) is 18.3 Å². The molecule has 0 nitrogen and oxygen atoms in total. The molecule has 1 aliphatic carbocycles. The third kappa shape index (κ3) is 2.97. The lowest BCUT2D eigenvalue weighted by molar-refractivity contribution is 0.289. The van der Waals surface area contributed by atoms with Gasteiger partial charge in [0.1, 0.15) is 0 Å². The highest BCUT2D eigenvalue weighted by Crippen LogP contribution is 2.33. The minimum atomic E-state index is 0.336. The van der Waals surface area contributed by atoms with Crippen molar-refractivity contribution in [3.8, 4) is 0 Å². The molecule has 71 valence electrons. The smallest absolute Gasteiger partial charge is 0.0395 e. The molecule has 0 bridgehead atoms. The molecule has 12 heavy (non-hydrogen) atoms. The van der Waals surface area contributed by atoms with Gasteiger partial charge in [-0.25, -0.2) is 0 Å². The van der Waals surface area contributed by atoms with Crippen LogP contribution in [0.2, 0.25) is 0 Å². The molecule has 0 aliphatic heterocycles. The Morgan fingerprint density at radius 3 is 2.42 bits per heavy atom. The van der Waals surface area contributed by atoms with E-state index in [1.165, 1.54) is 25.7 Å². The molecule has 1 heteroatoms. The zero-order valence-electron chi connectivity index (χ0n) is 8.22. The van der Waals surface area contributed by atoms with Gasteiger partial charge in [0, 0.05) is 5.38 Å². The predicted octanol–water partition coefficient (Wildman–Crippen LogP) is 4.03. The minimum Gasteiger partial charge on any atom is -0.122 e. The van der Waals surface area contributed by atoms with E-state index in [4.69, 9.17) is 11.6 Å². The van der Waals surface area contributed by atoms with Gasteiger partial charge >= 0.3 is 0 Å². The standard InChI is InChI=1S/C11H20Cl/c1-3-4-11(12)10-7-5-9(2)6-8-10/h4,9-11H,3,5-8H2,1-2H3. The van der Waals surface area contributed by atoms with Crippen molar-refractivity contribution < 1.29 is 0 Å². The van der Waals surface area contributed by atoms with Gasteiger partial charge in [0.2, 0.25) is 0 Å². The molecule has 1 aliphatic rings. The number of rotatable bonds is 3. The first-order valence-corrected chi connectivity index (χ1v) is 5.65. The summed E-state index contributed by atoms with van der Waals surface area (Å²) in [4.78, 5) is 0. The highest BCUT2D eigenvalue weighted by atomic mass is 35.5. The van der Waals surface area contributed by atoms with Gasteiger partial charge in [0.25, 0.3) is 0 Å². The summed E-state index contributed by atoms with van der Waals surface area (Å²) >= 11 is 6.25. The summed E-state index contributed by atoms with van der Waals surface area (Å²) in [6, 6.07) is 0. The maximum Gasteiger partial charge on any atom is 0.0395 e. The topological polar surface area (TPSA) is 0 Å². The van der Waals surface area contributed by atoms with Crippen molar-refractivity contribution in [2.45, 2.75) is 51.3 Å². The molecule has 1 rings (SSSR count). The minimum absolute atomic E-state index is 0.336. The number of hydrogen-bond donors (Lipinski definition) is 0. The van der Waals surface area contributed by atoms with Crippen LogP contribution in [0.1, 0.15) is 46.0 Å². The molecule has 1 fully saturated rings. The molecule has 0 heterocycles. The van der Waals surface area contributed by atoms with Gasteiger partial charge in [0.15, 0.2) is 0 Å². The molecule has 0 aromatic heterocycles. The Morgan fingerprint density at radius 2 is 1.92 bits per heavy atom. The third-order valence-corrected chi connectivity index (χ3v) is 3.51. The second kappa shape index (κ2) is 5.11. The van der Waals surface area contributed by atoms with Crippen molar-refractivity contribution in [1.82, 2.24) is 0 Å². The SMILES string of the molecule is CC[CH]C(Cl)C1CCC(C)CC1. The van der Waals surface area contributed by atoms with Gasteiger partial charge in [-0.3, -0.25) is 0 Å². The van der Waals surface area contributed by atoms with Crippen LogP contribution in [0.15, 0.2) is 0 Å². The predicted molar refractivity (Wildman–Crippen MR) is 55.4 cm³/mol. The maximum absolute atomic E-state index is 6.25. The second-order valence-electron chi connectivity index (χ2n) is 4.11. The summed E-state index contributed by atoms with van der Waals surface area (Å²) in [5.41, 5.74) is 0. The summed E-state index contributed by atoms with van der Waals surface area (Å²) in [5, 5.41) is 0.336. The van der Waals surface area contributed by atoms with E-state index in [1.807, 2.05) is 0 Å². The molecule has 1 radical (unpaired) electrons. The van der Waals surface area contributed by atoms with Crippen LogP contribution >= 0.6 is 11.6 Å². The van der Waals surface area contributed by atoms with Gasteiger partial charge in [0.05, 0.1) is 0 Å². The quantitative estimate of drug-likeness (QED) is 0.586. The molecular formula is C11H20Cl. The first kappa shape index (κ1) is 10.4. The van der Waals surface area contributed by atoms with E-state index in [9.17, 15) is 0 Å². The van der Waals surface area contributed by atoms with Crippen molar-refractivity contribution in [2.75, 3.05) is 0 Å². The fourth-order valence-electron chi connectivity index (χ4n) is 2.02. The van der Waals surface area contributed by atoms with Crippen molar-refractivity contribution in [1.29, 1.82) is 0 Å².